The Bertz CT molecular complexity index is 3280. The van der Waals surface area contributed by atoms with E-state index in [9.17, 15) is 0 Å². The molecule has 2 heterocycles. The number of benzene rings is 7. The van der Waals surface area contributed by atoms with Crippen LogP contribution in [0.1, 0.15) is 68.2 Å². The van der Waals surface area contributed by atoms with Gasteiger partial charge in [-0.05, 0) is 145 Å². The molecule has 4 bridgehead atoms. The second-order valence-electron chi connectivity index (χ2n) is 21.2. The summed E-state index contributed by atoms with van der Waals surface area (Å²) in [5.41, 5.74) is 20.2. The van der Waals surface area contributed by atoms with Gasteiger partial charge in [-0.25, -0.2) is 15.0 Å². The third kappa shape index (κ3) is 4.85. The Kier molecular flexibility index (Phi) is 7.52. The van der Waals surface area contributed by atoms with E-state index in [-0.39, 0.29) is 10.8 Å². The van der Waals surface area contributed by atoms with Crippen molar-refractivity contribution in [2.45, 2.75) is 69.9 Å². The highest BCUT2D eigenvalue weighted by atomic mass is 28.3. The number of hydrogen-bond acceptors (Lipinski definition) is 3. The minimum absolute atomic E-state index is 0.000469. The van der Waals surface area contributed by atoms with Gasteiger partial charge in [0.1, 0.15) is 8.07 Å². The molecule has 3 nitrogen and oxygen atoms in total. The van der Waals surface area contributed by atoms with Crippen molar-refractivity contribution in [3.05, 3.63) is 174 Å². The van der Waals surface area contributed by atoms with E-state index in [4.69, 9.17) is 15.0 Å². The molecule has 0 N–H and O–H groups in total. The molecule has 0 atom stereocenters. The molecule has 0 unspecified atom stereocenters. The first kappa shape index (κ1) is 37.2. The van der Waals surface area contributed by atoms with E-state index in [0.717, 1.165) is 28.5 Å². The van der Waals surface area contributed by atoms with Crippen LogP contribution in [-0.4, -0.2) is 23.0 Å². The summed E-state index contributed by atoms with van der Waals surface area (Å²) in [5, 5.41) is 3.26. The van der Waals surface area contributed by atoms with Crippen molar-refractivity contribution in [3.63, 3.8) is 0 Å². The lowest BCUT2D eigenvalue weighted by Crippen LogP contribution is -2.56. The van der Waals surface area contributed by atoms with Crippen LogP contribution in [0, 0.1) is 23.7 Å². The minimum atomic E-state index is -1.88. The van der Waals surface area contributed by atoms with Gasteiger partial charge in [-0.1, -0.05) is 166 Å². The lowest BCUT2D eigenvalue weighted by molar-refractivity contribution is -0.0394. The van der Waals surface area contributed by atoms with Gasteiger partial charge in [-0.3, -0.25) is 0 Å². The molecule has 7 aromatic carbocycles. The van der Waals surface area contributed by atoms with Crippen LogP contribution >= 0.6 is 0 Å². The van der Waals surface area contributed by atoms with E-state index in [1.165, 1.54) is 82.2 Å². The first-order chi connectivity index (χ1) is 31.2. The van der Waals surface area contributed by atoms with Crippen LogP contribution in [-0.2, 0) is 10.8 Å². The Hall–Kier alpha value is -6.23. The average Bonchev–Trinajstić information content (AvgIpc) is 3.85. The minimum Gasteiger partial charge on any atom is -0.208 e. The fraction of sp³-hybridized carbons (Fsp3) is 0.250. The number of aromatic nitrogens is 3. The maximum absolute atomic E-state index is 5.36. The van der Waals surface area contributed by atoms with E-state index < -0.39 is 8.07 Å². The number of fused-ring (bicyclic) bond motifs is 10. The first-order valence-electron chi connectivity index (χ1n) is 23.8. The zero-order valence-electron chi connectivity index (χ0n) is 37.1. The smallest absolute Gasteiger partial charge is 0.164 e. The fourth-order valence-corrected chi connectivity index (χ4v) is 17.9. The van der Waals surface area contributed by atoms with E-state index in [2.05, 4.69) is 179 Å². The SMILES string of the molecule is CC1(C)c2ccccc2-c2cc(-c3nc(-c4ccccc4)nc(-c4cccc(-c5cccc6c5C5(c7c-6ccc6c7-c7ccccc7[Si]6(C)C)C6CC7CC(C6)CC5C7)c4)n3)ccc21. The lowest BCUT2D eigenvalue weighted by Gasteiger charge is -2.61. The highest BCUT2D eigenvalue weighted by Gasteiger charge is 2.63. The fourth-order valence-electron chi connectivity index (χ4n) is 14.8. The molecule has 64 heavy (non-hydrogen) atoms. The highest BCUT2D eigenvalue weighted by Crippen LogP contribution is 2.71. The molecule has 0 saturated heterocycles. The standard InChI is InChI=1S/C60H51N3Si/c1-59(2)49-22-10-8-18-44(49)48-34-40(24-26-50(48)59)58-62-56(37-14-6-5-7-15-37)61-57(63-58)39-17-12-16-38(33-39)43-20-13-21-45-46-25-27-52-53(47-19-9-11-23-51(47)64(52,3)4)55(46)60(54(43)45)41-29-35-28-36(31-41)32-42(60)30-35/h5-27,33-36,41-42H,28-32H2,1-4H3. The van der Waals surface area contributed by atoms with E-state index in [1.807, 2.05) is 0 Å². The summed E-state index contributed by atoms with van der Waals surface area (Å²) in [5.74, 6) is 5.14. The van der Waals surface area contributed by atoms with Crippen molar-refractivity contribution in [1.29, 1.82) is 0 Å². The van der Waals surface area contributed by atoms with Crippen molar-refractivity contribution in [3.8, 4) is 78.7 Å². The molecule has 310 valence electrons. The predicted molar refractivity (Wildman–Crippen MR) is 265 cm³/mol. The molecule has 4 saturated carbocycles. The van der Waals surface area contributed by atoms with Gasteiger partial charge in [0.05, 0.1) is 0 Å². The van der Waals surface area contributed by atoms with E-state index >= 15 is 0 Å². The molecular formula is C60H51N3Si. The summed E-state index contributed by atoms with van der Waals surface area (Å²) in [6.07, 6.45) is 6.86. The van der Waals surface area contributed by atoms with Crippen molar-refractivity contribution < 1.29 is 0 Å². The zero-order chi connectivity index (χ0) is 42.7. The van der Waals surface area contributed by atoms with Gasteiger partial charge >= 0.3 is 0 Å². The summed E-state index contributed by atoms with van der Waals surface area (Å²) in [7, 11) is -1.88. The van der Waals surface area contributed by atoms with Crippen molar-refractivity contribution in [1.82, 2.24) is 15.0 Å². The van der Waals surface area contributed by atoms with Crippen LogP contribution in [0.2, 0.25) is 13.1 Å². The molecule has 1 aromatic heterocycles. The molecular weight excluding hydrogens is 791 g/mol. The average molecular weight is 842 g/mol. The predicted octanol–water partition coefficient (Wildman–Crippen LogP) is 13.4. The Morgan fingerprint density at radius 1 is 0.422 bits per heavy atom. The zero-order valence-corrected chi connectivity index (χ0v) is 38.1. The van der Waals surface area contributed by atoms with Gasteiger partial charge in [0.25, 0.3) is 0 Å². The van der Waals surface area contributed by atoms with Gasteiger partial charge in [0, 0.05) is 27.5 Å². The maximum Gasteiger partial charge on any atom is 0.164 e. The van der Waals surface area contributed by atoms with E-state index in [1.54, 1.807) is 27.1 Å². The Morgan fingerprint density at radius 2 is 0.984 bits per heavy atom. The molecule has 15 rings (SSSR count). The van der Waals surface area contributed by atoms with Crippen LogP contribution in [0.4, 0.5) is 0 Å². The summed E-state index contributed by atoms with van der Waals surface area (Å²) in [6, 6.07) is 57.1. The number of rotatable bonds is 4. The van der Waals surface area contributed by atoms with Crippen LogP contribution < -0.4 is 10.4 Å². The van der Waals surface area contributed by atoms with Crippen LogP contribution in [0.25, 0.3) is 78.7 Å². The second kappa shape index (κ2) is 12.9. The monoisotopic (exact) mass is 841 g/mol. The van der Waals surface area contributed by atoms with Crippen LogP contribution in [0.5, 0.6) is 0 Å². The second-order valence-corrected chi connectivity index (χ2v) is 25.5. The Morgan fingerprint density at radius 3 is 1.75 bits per heavy atom. The lowest BCUT2D eigenvalue weighted by atomic mass is 9.42. The van der Waals surface area contributed by atoms with Crippen molar-refractivity contribution in [2.24, 2.45) is 23.7 Å². The molecule has 7 aliphatic rings. The summed E-state index contributed by atoms with van der Waals surface area (Å²) >= 11 is 0. The van der Waals surface area contributed by atoms with Gasteiger partial charge in [-0.15, -0.1) is 0 Å². The maximum atomic E-state index is 5.36. The third-order valence-electron chi connectivity index (χ3n) is 17.3. The van der Waals surface area contributed by atoms with Gasteiger partial charge in [-0.2, -0.15) is 0 Å². The topological polar surface area (TPSA) is 38.7 Å². The van der Waals surface area contributed by atoms with Gasteiger partial charge in [0.15, 0.2) is 17.5 Å². The van der Waals surface area contributed by atoms with Crippen molar-refractivity contribution in [2.75, 3.05) is 0 Å². The first-order valence-corrected chi connectivity index (χ1v) is 26.8. The molecule has 0 amide bonds. The summed E-state index contributed by atoms with van der Waals surface area (Å²) in [6.45, 7) is 9.84. The summed E-state index contributed by atoms with van der Waals surface area (Å²) in [4.78, 5) is 15.8. The van der Waals surface area contributed by atoms with Crippen molar-refractivity contribution >= 4 is 18.4 Å². The number of hydrogen-bond donors (Lipinski definition) is 0. The Labute approximate surface area is 377 Å². The number of nitrogens with zero attached hydrogens (tertiary/aromatic N) is 3. The largest absolute Gasteiger partial charge is 0.208 e. The Balaban J connectivity index is 0.957. The van der Waals surface area contributed by atoms with E-state index in [0.29, 0.717) is 29.3 Å². The molecule has 8 aromatic rings. The summed E-state index contributed by atoms with van der Waals surface area (Å²) < 4.78 is 0. The molecule has 4 heteroatoms. The quantitative estimate of drug-likeness (QED) is 0.166. The normalized spacial score (nSPS) is 23.9. The van der Waals surface area contributed by atoms with Gasteiger partial charge < -0.3 is 0 Å². The van der Waals surface area contributed by atoms with Crippen LogP contribution in [0.15, 0.2) is 152 Å². The third-order valence-corrected chi connectivity index (χ3v) is 20.8. The molecule has 6 aliphatic carbocycles. The molecule has 4 fully saturated rings. The van der Waals surface area contributed by atoms with Crippen LogP contribution in [0.3, 0.4) is 0 Å². The molecule has 0 radical (unpaired) electrons. The van der Waals surface area contributed by atoms with Gasteiger partial charge in [0.2, 0.25) is 0 Å². The molecule has 1 spiro atoms. The molecule has 1 aliphatic heterocycles. The highest BCUT2D eigenvalue weighted by molar-refractivity contribution is 7.03.